The lowest BCUT2D eigenvalue weighted by Crippen LogP contribution is -2.29. The number of amides is 2. The van der Waals surface area contributed by atoms with Crippen LogP contribution in [-0.4, -0.2) is 16.4 Å². The zero-order chi connectivity index (χ0) is 31.0. The molecule has 44 heavy (non-hydrogen) atoms. The van der Waals surface area contributed by atoms with Gasteiger partial charge in [-0.2, -0.15) is 26.3 Å². The zero-order valence-electron chi connectivity index (χ0n) is 22.4. The topological polar surface area (TPSA) is 42.3 Å². The third-order valence-electron chi connectivity index (χ3n) is 7.79. The van der Waals surface area contributed by atoms with E-state index in [4.69, 9.17) is 0 Å². The van der Waals surface area contributed by atoms with Gasteiger partial charge in [0, 0.05) is 10.8 Å². The second-order valence-corrected chi connectivity index (χ2v) is 10.3. The molecule has 0 spiro atoms. The van der Waals surface area contributed by atoms with Crippen molar-refractivity contribution in [2.75, 3.05) is 4.90 Å². The molecule has 1 aliphatic heterocycles. The molecule has 0 aliphatic carbocycles. The molecule has 4 nitrogen and oxygen atoms in total. The van der Waals surface area contributed by atoms with Crippen LogP contribution in [0.2, 0.25) is 0 Å². The minimum atomic E-state index is -5.06. The van der Waals surface area contributed by atoms with E-state index in [9.17, 15) is 35.9 Å². The number of anilines is 1. The average molecular weight is 601 g/mol. The SMILES string of the molecule is O=C1c2cccc(-n3c4ccccc4c4ccc(-c5ccc(C(F)(F)F)cc5C(F)(F)F)cc43)c2C(=O)N1c1ccccc1. The van der Waals surface area contributed by atoms with Crippen molar-refractivity contribution in [2.45, 2.75) is 12.4 Å². The first-order chi connectivity index (χ1) is 20.9. The molecule has 0 N–H and O–H groups in total. The van der Waals surface area contributed by atoms with Crippen molar-refractivity contribution < 1.29 is 35.9 Å². The van der Waals surface area contributed by atoms with E-state index < -0.39 is 40.9 Å². The van der Waals surface area contributed by atoms with Crippen LogP contribution in [0.1, 0.15) is 31.8 Å². The van der Waals surface area contributed by atoms with E-state index in [-0.39, 0.29) is 22.8 Å². The Kier molecular flexibility index (Phi) is 5.97. The third-order valence-corrected chi connectivity index (χ3v) is 7.79. The Hall–Kier alpha value is -5.38. The molecule has 0 radical (unpaired) electrons. The quantitative estimate of drug-likeness (QED) is 0.150. The van der Waals surface area contributed by atoms with Gasteiger partial charge in [-0.15, -0.1) is 0 Å². The highest BCUT2D eigenvalue weighted by molar-refractivity contribution is 6.35. The first-order valence-electron chi connectivity index (χ1n) is 13.3. The molecule has 6 aromatic rings. The highest BCUT2D eigenvalue weighted by Crippen LogP contribution is 2.43. The van der Waals surface area contributed by atoms with Crippen molar-refractivity contribution in [1.29, 1.82) is 0 Å². The van der Waals surface area contributed by atoms with Gasteiger partial charge in [0.05, 0.1) is 44.7 Å². The van der Waals surface area contributed by atoms with Crippen LogP contribution in [0, 0.1) is 0 Å². The molecule has 7 rings (SSSR count). The van der Waals surface area contributed by atoms with Gasteiger partial charge >= 0.3 is 12.4 Å². The van der Waals surface area contributed by atoms with Gasteiger partial charge in [0.1, 0.15) is 0 Å². The maximum absolute atomic E-state index is 14.1. The van der Waals surface area contributed by atoms with Crippen LogP contribution in [0.25, 0.3) is 38.6 Å². The fourth-order valence-electron chi connectivity index (χ4n) is 5.87. The number of hydrogen-bond donors (Lipinski definition) is 0. The van der Waals surface area contributed by atoms with Crippen molar-refractivity contribution in [1.82, 2.24) is 4.57 Å². The Morgan fingerprint density at radius 2 is 1.25 bits per heavy atom. The van der Waals surface area contributed by atoms with E-state index in [0.29, 0.717) is 33.9 Å². The summed E-state index contributed by atoms with van der Waals surface area (Å²) in [7, 11) is 0. The monoisotopic (exact) mass is 600 g/mol. The molecular formula is C34H18F6N2O2. The van der Waals surface area contributed by atoms with Crippen LogP contribution in [0.4, 0.5) is 32.0 Å². The number of carbonyl (C=O) groups is 2. The number of para-hydroxylation sites is 2. The summed E-state index contributed by atoms with van der Waals surface area (Å²) in [6.07, 6.45) is -10.0. The van der Waals surface area contributed by atoms with E-state index in [1.807, 2.05) is 6.07 Å². The van der Waals surface area contributed by atoms with Crippen molar-refractivity contribution >= 4 is 39.3 Å². The largest absolute Gasteiger partial charge is 0.417 e. The third kappa shape index (κ3) is 4.16. The molecular weight excluding hydrogens is 582 g/mol. The zero-order valence-corrected chi connectivity index (χ0v) is 22.4. The molecule has 0 unspecified atom stereocenters. The van der Waals surface area contributed by atoms with Gasteiger partial charge in [0.2, 0.25) is 0 Å². The van der Waals surface area contributed by atoms with Gasteiger partial charge in [-0.1, -0.05) is 60.7 Å². The molecule has 2 heterocycles. The maximum Gasteiger partial charge on any atom is 0.417 e. The molecule has 218 valence electrons. The van der Waals surface area contributed by atoms with Crippen LogP contribution >= 0.6 is 0 Å². The summed E-state index contributed by atoms with van der Waals surface area (Å²) in [4.78, 5) is 28.3. The normalized spacial score (nSPS) is 13.7. The fourth-order valence-corrected chi connectivity index (χ4v) is 5.87. The average Bonchev–Trinajstić information content (AvgIpc) is 3.47. The predicted molar refractivity (Wildman–Crippen MR) is 154 cm³/mol. The molecule has 2 amide bonds. The summed E-state index contributed by atoms with van der Waals surface area (Å²) >= 11 is 0. The summed E-state index contributed by atoms with van der Waals surface area (Å²) < 4.78 is 84.0. The van der Waals surface area contributed by atoms with Gasteiger partial charge in [0.15, 0.2) is 0 Å². The fraction of sp³-hybridized carbons (Fsp3) is 0.0588. The van der Waals surface area contributed by atoms with Gasteiger partial charge in [-0.3, -0.25) is 9.59 Å². The molecule has 0 saturated heterocycles. The second kappa shape index (κ2) is 9.57. The summed E-state index contributed by atoms with van der Waals surface area (Å²) in [5.41, 5.74) is -1.18. The molecule has 5 aromatic carbocycles. The predicted octanol–water partition coefficient (Wildman–Crippen LogP) is 9.29. The molecule has 0 saturated carbocycles. The molecule has 1 aromatic heterocycles. The number of rotatable bonds is 3. The summed E-state index contributed by atoms with van der Waals surface area (Å²) in [5.74, 6) is -1.07. The van der Waals surface area contributed by atoms with E-state index in [1.165, 1.54) is 12.1 Å². The van der Waals surface area contributed by atoms with Crippen LogP contribution in [0.15, 0.2) is 109 Å². The Balaban J connectivity index is 1.49. The number of benzene rings is 5. The lowest BCUT2D eigenvalue weighted by molar-refractivity contribution is -0.142. The molecule has 10 heteroatoms. The first kappa shape index (κ1) is 27.5. The van der Waals surface area contributed by atoms with Gasteiger partial charge < -0.3 is 4.57 Å². The van der Waals surface area contributed by atoms with Crippen molar-refractivity contribution in [3.05, 3.63) is 131 Å². The lowest BCUT2D eigenvalue weighted by atomic mass is 9.96. The maximum atomic E-state index is 14.1. The number of nitrogens with zero attached hydrogens (tertiary/aromatic N) is 2. The summed E-state index contributed by atoms with van der Waals surface area (Å²) in [6.45, 7) is 0. The highest BCUT2D eigenvalue weighted by Gasteiger charge is 2.40. The molecule has 0 fully saturated rings. The summed E-state index contributed by atoms with van der Waals surface area (Å²) in [5, 5.41) is 1.37. The highest BCUT2D eigenvalue weighted by atomic mass is 19.4. The minimum Gasteiger partial charge on any atom is -0.308 e. The number of imide groups is 1. The Morgan fingerprint density at radius 3 is 1.98 bits per heavy atom. The van der Waals surface area contributed by atoms with Crippen molar-refractivity contribution in [3.8, 4) is 16.8 Å². The smallest absolute Gasteiger partial charge is 0.308 e. The molecule has 1 aliphatic rings. The van der Waals surface area contributed by atoms with Crippen LogP contribution in [0.3, 0.4) is 0 Å². The number of fused-ring (bicyclic) bond motifs is 4. The molecule has 0 atom stereocenters. The van der Waals surface area contributed by atoms with Crippen LogP contribution in [-0.2, 0) is 12.4 Å². The van der Waals surface area contributed by atoms with Crippen LogP contribution in [0.5, 0.6) is 0 Å². The van der Waals surface area contributed by atoms with Crippen molar-refractivity contribution in [2.24, 2.45) is 0 Å². The van der Waals surface area contributed by atoms with Gasteiger partial charge in [-0.05, 0) is 59.7 Å². The number of alkyl halides is 6. The van der Waals surface area contributed by atoms with Crippen molar-refractivity contribution in [3.63, 3.8) is 0 Å². The molecule has 0 bridgehead atoms. The second-order valence-electron chi connectivity index (χ2n) is 10.3. The van der Waals surface area contributed by atoms with Gasteiger partial charge in [-0.25, -0.2) is 4.90 Å². The van der Waals surface area contributed by atoms with E-state index in [1.54, 1.807) is 77.4 Å². The number of hydrogen-bond acceptors (Lipinski definition) is 2. The Bertz CT molecular complexity index is 2150. The van der Waals surface area contributed by atoms with E-state index in [0.717, 1.165) is 16.4 Å². The Morgan fingerprint density at radius 1 is 0.545 bits per heavy atom. The standard InChI is InChI=1S/C34H18F6N2O2/c35-33(36,37)20-14-16-22(26(18-20)34(38,39)40)19-13-15-24-23-9-4-5-11-27(23)42(29(24)17-19)28-12-6-10-25-30(28)32(44)41(31(25)43)21-7-2-1-3-8-21/h1-18H. The van der Waals surface area contributed by atoms with E-state index in [2.05, 4.69) is 0 Å². The first-order valence-corrected chi connectivity index (χ1v) is 13.3. The number of aromatic nitrogens is 1. The number of halogens is 6. The van der Waals surface area contributed by atoms with E-state index >= 15 is 0 Å². The van der Waals surface area contributed by atoms with Crippen LogP contribution < -0.4 is 4.90 Å². The van der Waals surface area contributed by atoms with Gasteiger partial charge in [0.25, 0.3) is 11.8 Å². The Labute approximate surface area is 245 Å². The lowest BCUT2D eigenvalue weighted by Gasteiger charge is -2.17. The number of carbonyl (C=O) groups excluding carboxylic acids is 2. The minimum absolute atomic E-state index is 0.0310. The summed E-state index contributed by atoms with van der Waals surface area (Å²) in [6, 6.07) is 26.4.